The second kappa shape index (κ2) is 12.6. The van der Waals surface area contributed by atoms with Gasteiger partial charge < -0.3 is 18.6 Å². The zero-order valence-electron chi connectivity index (χ0n) is 24.4. The van der Waals surface area contributed by atoms with E-state index in [-0.39, 0.29) is 29.1 Å². The average Bonchev–Trinajstić information content (AvgIpc) is 2.91. The van der Waals surface area contributed by atoms with Gasteiger partial charge in [-0.3, -0.25) is 14.4 Å². The van der Waals surface area contributed by atoms with Crippen LogP contribution in [-0.4, -0.2) is 39.4 Å². The standard InChI is InChI=1S/C28H35F3N4O5S/c1-15(9-10-34-18(4)12-20(39-6)24(41-8)27(34)38)23-21(40-7)13-32-35(26(23)37)14-16(2)22-19(28(29,30)31)11-17(3)33(5)25(22)36/h11-13,15-16H,9-10,14H2,1-8H3. The maximum atomic E-state index is 13.9. The number of aryl methyl sites for hydroxylation is 2. The lowest BCUT2D eigenvalue weighted by Crippen LogP contribution is -2.34. The fourth-order valence-electron chi connectivity index (χ4n) is 4.94. The van der Waals surface area contributed by atoms with Gasteiger partial charge in [0.2, 0.25) is 0 Å². The first-order chi connectivity index (χ1) is 19.2. The number of hydrogen-bond acceptors (Lipinski definition) is 7. The van der Waals surface area contributed by atoms with Gasteiger partial charge >= 0.3 is 6.18 Å². The van der Waals surface area contributed by atoms with Gasteiger partial charge in [0.1, 0.15) is 16.4 Å². The molecular formula is C28H35F3N4O5S. The molecular weight excluding hydrogens is 561 g/mol. The Bertz CT molecular complexity index is 1610. The Labute approximate surface area is 239 Å². The van der Waals surface area contributed by atoms with Crippen LogP contribution >= 0.6 is 11.8 Å². The third kappa shape index (κ3) is 6.39. The Morgan fingerprint density at radius 3 is 2.12 bits per heavy atom. The van der Waals surface area contributed by atoms with Gasteiger partial charge in [0, 0.05) is 42.5 Å². The van der Waals surface area contributed by atoms with Crippen LogP contribution in [0.25, 0.3) is 0 Å². The van der Waals surface area contributed by atoms with Gasteiger partial charge in [-0.2, -0.15) is 18.3 Å². The van der Waals surface area contributed by atoms with E-state index < -0.39 is 40.3 Å². The molecule has 0 aliphatic rings. The molecule has 0 bridgehead atoms. The molecule has 3 aromatic rings. The molecule has 0 spiro atoms. The van der Waals surface area contributed by atoms with Crippen LogP contribution in [0.2, 0.25) is 0 Å². The number of methoxy groups -OCH3 is 2. The molecule has 3 rings (SSSR count). The summed E-state index contributed by atoms with van der Waals surface area (Å²) in [5.41, 5.74) is -1.81. The fourth-order valence-corrected chi connectivity index (χ4v) is 5.57. The van der Waals surface area contributed by atoms with Crippen LogP contribution in [0.15, 0.2) is 37.6 Å². The smallest absolute Gasteiger partial charge is 0.416 e. The number of hydrogen-bond donors (Lipinski definition) is 0. The Balaban J connectivity index is 1.99. The maximum Gasteiger partial charge on any atom is 0.416 e. The van der Waals surface area contributed by atoms with Crippen molar-refractivity contribution in [2.24, 2.45) is 7.05 Å². The van der Waals surface area contributed by atoms with E-state index in [1.54, 1.807) is 23.8 Å². The van der Waals surface area contributed by atoms with Gasteiger partial charge in [0.15, 0.2) is 0 Å². The van der Waals surface area contributed by atoms with E-state index in [0.29, 0.717) is 29.3 Å². The molecule has 41 heavy (non-hydrogen) atoms. The van der Waals surface area contributed by atoms with E-state index in [0.717, 1.165) is 15.3 Å². The molecule has 0 fully saturated rings. The van der Waals surface area contributed by atoms with Crippen molar-refractivity contribution in [3.63, 3.8) is 0 Å². The van der Waals surface area contributed by atoms with Crippen molar-refractivity contribution in [3.8, 4) is 11.5 Å². The Hall–Kier alpha value is -3.48. The van der Waals surface area contributed by atoms with Gasteiger partial charge in [0.05, 0.1) is 38.1 Å². The van der Waals surface area contributed by atoms with Crippen molar-refractivity contribution in [2.75, 3.05) is 20.5 Å². The van der Waals surface area contributed by atoms with Crippen molar-refractivity contribution in [1.29, 1.82) is 0 Å². The molecule has 224 valence electrons. The van der Waals surface area contributed by atoms with Crippen molar-refractivity contribution < 1.29 is 22.6 Å². The number of ether oxygens (including phenoxy) is 2. The second-order valence-corrected chi connectivity index (χ2v) is 10.8. The molecule has 0 amide bonds. The topological polar surface area (TPSA) is 97.4 Å². The van der Waals surface area contributed by atoms with Crippen LogP contribution in [0, 0.1) is 13.8 Å². The number of rotatable bonds is 10. The van der Waals surface area contributed by atoms with Crippen LogP contribution < -0.4 is 26.2 Å². The van der Waals surface area contributed by atoms with E-state index in [1.165, 1.54) is 53.1 Å². The molecule has 13 heteroatoms. The van der Waals surface area contributed by atoms with Gasteiger partial charge in [-0.15, -0.1) is 11.8 Å². The summed E-state index contributed by atoms with van der Waals surface area (Å²) >= 11 is 1.29. The monoisotopic (exact) mass is 596 g/mol. The van der Waals surface area contributed by atoms with Crippen molar-refractivity contribution in [3.05, 3.63) is 77.5 Å². The van der Waals surface area contributed by atoms with E-state index in [4.69, 9.17) is 9.47 Å². The summed E-state index contributed by atoms with van der Waals surface area (Å²) < 4.78 is 56.2. The van der Waals surface area contributed by atoms with Crippen LogP contribution in [0.1, 0.15) is 60.2 Å². The Morgan fingerprint density at radius 1 is 0.927 bits per heavy atom. The summed E-state index contributed by atoms with van der Waals surface area (Å²) in [5.74, 6) is -0.643. The quantitative estimate of drug-likeness (QED) is 0.319. The van der Waals surface area contributed by atoms with Gasteiger partial charge in [-0.05, 0) is 38.5 Å². The number of thioether (sulfide) groups is 1. The summed E-state index contributed by atoms with van der Waals surface area (Å²) in [5, 5.41) is 4.12. The molecule has 0 saturated heterocycles. The lowest BCUT2D eigenvalue weighted by molar-refractivity contribution is -0.138. The highest BCUT2D eigenvalue weighted by Crippen LogP contribution is 2.35. The minimum atomic E-state index is -4.74. The molecule has 3 heterocycles. The molecule has 2 atom stereocenters. The minimum absolute atomic E-state index is 0.171. The fraction of sp³-hybridized carbons (Fsp3) is 0.500. The van der Waals surface area contributed by atoms with Crippen molar-refractivity contribution in [1.82, 2.24) is 18.9 Å². The van der Waals surface area contributed by atoms with Crippen molar-refractivity contribution >= 4 is 11.8 Å². The number of nitrogens with zero attached hydrogens (tertiary/aromatic N) is 4. The molecule has 0 aliphatic heterocycles. The largest absolute Gasteiger partial charge is 0.495 e. The number of aromatic nitrogens is 4. The summed E-state index contributed by atoms with van der Waals surface area (Å²) in [6, 6.07) is 2.72. The first-order valence-electron chi connectivity index (χ1n) is 12.9. The third-order valence-corrected chi connectivity index (χ3v) is 8.13. The van der Waals surface area contributed by atoms with E-state index >= 15 is 0 Å². The molecule has 0 N–H and O–H groups in total. The highest BCUT2D eigenvalue weighted by molar-refractivity contribution is 7.98. The first kappa shape index (κ1) is 32.0. The van der Waals surface area contributed by atoms with Crippen molar-refractivity contribution in [2.45, 2.75) is 70.1 Å². The van der Waals surface area contributed by atoms with Gasteiger partial charge in [-0.1, -0.05) is 13.8 Å². The molecule has 9 nitrogen and oxygen atoms in total. The molecule has 0 radical (unpaired) electrons. The molecule has 2 unspecified atom stereocenters. The lowest BCUT2D eigenvalue weighted by atomic mass is 9.95. The number of alkyl halides is 3. The molecule has 0 aromatic carbocycles. The summed E-state index contributed by atoms with van der Waals surface area (Å²) in [6.45, 7) is 6.55. The Morgan fingerprint density at radius 2 is 1.56 bits per heavy atom. The summed E-state index contributed by atoms with van der Waals surface area (Å²) in [4.78, 5) is 40.1. The van der Waals surface area contributed by atoms with Gasteiger partial charge in [0.25, 0.3) is 16.7 Å². The zero-order chi connectivity index (χ0) is 30.8. The van der Waals surface area contributed by atoms with Crippen LogP contribution in [0.3, 0.4) is 0 Å². The normalized spacial score (nSPS) is 13.2. The Kier molecular flexibility index (Phi) is 9.83. The molecule has 3 aromatic heterocycles. The maximum absolute atomic E-state index is 13.9. The SMILES string of the molecule is COc1cnn(CC(C)c2c(C(F)(F)F)cc(C)n(C)c2=O)c(=O)c1C(C)CCn1c(C)cc(OC)c(SC)c1=O. The highest BCUT2D eigenvalue weighted by atomic mass is 32.2. The highest BCUT2D eigenvalue weighted by Gasteiger charge is 2.37. The summed E-state index contributed by atoms with van der Waals surface area (Å²) in [7, 11) is 4.31. The predicted molar refractivity (Wildman–Crippen MR) is 152 cm³/mol. The van der Waals surface area contributed by atoms with Gasteiger partial charge in [-0.25, -0.2) is 4.68 Å². The zero-order valence-corrected chi connectivity index (χ0v) is 25.2. The second-order valence-electron chi connectivity index (χ2n) is 10.0. The number of halogens is 3. The molecule has 0 saturated carbocycles. The van der Waals surface area contributed by atoms with E-state index in [2.05, 4.69) is 5.10 Å². The van der Waals surface area contributed by atoms with E-state index in [9.17, 15) is 27.6 Å². The van der Waals surface area contributed by atoms with Crippen LogP contribution in [-0.2, 0) is 26.3 Å². The average molecular weight is 597 g/mol. The first-order valence-corrected chi connectivity index (χ1v) is 14.1. The number of pyridine rings is 2. The predicted octanol–water partition coefficient (Wildman–Crippen LogP) is 4.48. The lowest BCUT2D eigenvalue weighted by Gasteiger charge is -2.22. The minimum Gasteiger partial charge on any atom is -0.495 e. The summed E-state index contributed by atoms with van der Waals surface area (Å²) in [6.07, 6.45) is -1.22. The molecule has 0 aliphatic carbocycles. The van der Waals surface area contributed by atoms with Crippen LogP contribution in [0.5, 0.6) is 11.5 Å². The van der Waals surface area contributed by atoms with Crippen LogP contribution in [0.4, 0.5) is 13.2 Å². The van der Waals surface area contributed by atoms with E-state index in [1.807, 2.05) is 6.92 Å². The third-order valence-electron chi connectivity index (χ3n) is 7.35.